The van der Waals surface area contributed by atoms with Crippen molar-refractivity contribution in [3.63, 3.8) is 0 Å². The highest BCUT2D eigenvalue weighted by molar-refractivity contribution is 6.42. The first-order valence-corrected chi connectivity index (χ1v) is 12.5. The number of carboxylic acids is 1. The Morgan fingerprint density at radius 2 is 1.49 bits per heavy atom. The molecule has 4 nitrogen and oxygen atoms in total. The molecule has 0 aliphatic carbocycles. The minimum atomic E-state index is -0.892. The Morgan fingerprint density at radius 1 is 0.857 bits per heavy atom. The van der Waals surface area contributed by atoms with Gasteiger partial charge in [-0.15, -0.1) is 0 Å². The Bertz CT molecular complexity index is 1150. The van der Waals surface area contributed by atoms with Crippen molar-refractivity contribution < 1.29 is 14.7 Å². The summed E-state index contributed by atoms with van der Waals surface area (Å²) in [4.78, 5) is 25.8. The molecule has 3 aromatic carbocycles. The third kappa shape index (κ3) is 7.33. The van der Waals surface area contributed by atoms with Gasteiger partial charge < -0.3 is 10.0 Å². The number of carbonyl (C=O) groups excluding carboxylic acids is 1. The fourth-order valence-electron chi connectivity index (χ4n) is 4.35. The van der Waals surface area contributed by atoms with Gasteiger partial charge in [0, 0.05) is 31.8 Å². The van der Waals surface area contributed by atoms with Crippen molar-refractivity contribution in [1.29, 1.82) is 0 Å². The van der Waals surface area contributed by atoms with Crippen LogP contribution in [0.15, 0.2) is 72.8 Å². The van der Waals surface area contributed by atoms with E-state index in [0.717, 1.165) is 22.3 Å². The third-order valence-corrected chi connectivity index (χ3v) is 7.26. The molecule has 35 heavy (non-hydrogen) atoms. The summed E-state index contributed by atoms with van der Waals surface area (Å²) in [7, 11) is 1.79. The summed E-state index contributed by atoms with van der Waals surface area (Å²) >= 11 is 12.4. The standard InChI is InChI=1S/C29H31Cl2NO3/c1-19(16-29(34)35)15-28(33)32(3)20(2)25(17-21-9-14-26(30)27(31)18-21)24-12-10-23(11-13-24)22-7-5-4-6-8-22/h4-14,18-20,25H,15-17H2,1-3H3,(H,34,35). The number of benzene rings is 3. The van der Waals surface area contributed by atoms with Gasteiger partial charge in [0.05, 0.1) is 10.0 Å². The number of halogens is 2. The fourth-order valence-corrected chi connectivity index (χ4v) is 4.67. The number of rotatable bonds is 10. The quantitative estimate of drug-likeness (QED) is 0.309. The normalized spacial score (nSPS) is 13.6. The second-order valence-electron chi connectivity index (χ2n) is 9.20. The number of carboxylic acid groups (broad SMARTS) is 1. The molecule has 1 amide bonds. The molecule has 0 aliphatic rings. The number of likely N-dealkylation sites (N-methyl/N-ethyl adjacent to an activating group) is 1. The van der Waals surface area contributed by atoms with Crippen LogP contribution >= 0.6 is 23.2 Å². The van der Waals surface area contributed by atoms with E-state index in [1.165, 1.54) is 0 Å². The van der Waals surface area contributed by atoms with E-state index in [4.69, 9.17) is 28.3 Å². The third-order valence-electron chi connectivity index (χ3n) is 6.52. The molecule has 0 saturated heterocycles. The van der Waals surface area contributed by atoms with Crippen LogP contribution in [0.25, 0.3) is 11.1 Å². The zero-order valence-corrected chi connectivity index (χ0v) is 21.8. The molecule has 3 unspecified atom stereocenters. The topological polar surface area (TPSA) is 57.6 Å². The lowest BCUT2D eigenvalue weighted by Crippen LogP contribution is -2.40. The van der Waals surface area contributed by atoms with Crippen LogP contribution in [0, 0.1) is 5.92 Å². The first-order chi connectivity index (χ1) is 16.7. The molecular weight excluding hydrogens is 481 g/mol. The van der Waals surface area contributed by atoms with Crippen molar-refractivity contribution >= 4 is 35.1 Å². The van der Waals surface area contributed by atoms with Gasteiger partial charge in [-0.1, -0.05) is 90.8 Å². The summed E-state index contributed by atoms with van der Waals surface area (Å²) in [5, 5.41) is 10.1. The summed E-state index contributed by atoms with van der Waals surface area (Å²) in [6, 6.07) is 24.1. The van der Waals surface area contributed by atoms with Crippen molar-refractivity contribution in [2.45, 2.75) is 45.1 Å². The summed E-state index contributed by atoms with van der Waals surface area (Å²) in [6.07, 6.45) is 0.840. The van der Waals surface area contributed by atoms with E-state index in [1.807, 2.05) is 37.3 Å². The Balaban J connectivity index is 1.87. The lowest BCUT2D eigenvalue weighted by Gasteiger charge is -2.33. The Morgan fingerprint density at radius 3 is 2.09 bits per heavy atom. The fraction of sp³-hybridized carbons (Fsp3) is 0.310. The average molecular weight is 512 g/mol. The van der Waals surface area contributed by atoms with Gasteiger partial charge in [-0.05, 0) is 53.6 Å². The van der Waals surface area contributed by atoms with Crippen molar-refractivity contribution in [2.75, 3.05) is 7.05 Å². The Kier molecular flexibility index (Phi) is 9.36. The number of hydrogen-bond donors (Lipinski definition) is 1. The number of aliphatic carboxylic acids is 1. The van der Waals surface area contributed by atoms with E-state index >= 15 is 0 Å². The molecule has 0 fully saturated rings. The van der Waals surface area contributed by atoms with Crippen LogP contribution < -0.4 is 0 Å². The zero-order valence-electron chi connectivity index (χ0n) is 20.2. The molecule has 0 saturated carbocycles. The van der Waals surface area contributed by atoms with E-state index in [1.54, 1.807) is 24.9 Å². The molecular formula is C29H31Cl2NO3. The van der Waals surface area contributed by atoms with Crippen LogP contribution in [-0.2, 0) is 16.0 Å². The predicted octanol–water partition coefficient (Wildman–Crippen LogP) is 7.33. The molecule has 3 atom stereocenters. The van der Waals surface area contributed by atoms with E-state index in [9.17, 15) is 9.59 Å². The molecule has 0 radical (unpaired) electrons. The van der Waals surface area contributed by atoms with Crippen LogP contribution in [0.2, 0.25) is 10.0 Å². The zero-order chi connectivity index (χ0) is 25.5. The van der Waals surface area contributed by atoms with Gasteiger partial charge >= 0.3 is 5.97 Å². The van der Waals surface area contributed by atoms with Gasteiger partial charge in [0.15, 0.2) is 0 Å². The van der Waals surface area contributed by atoms with Gasteiger partial charge in [-0.2, -0.15) is 0 Å². The summed E-state index contributed by atoms with van der Waals surface area (Å²) in [5.74, 6) is -1.18. The van der Waals surface area contributed by atoms with Crippen molar-refractivity contribution in [3.8, 4) is 11.1 Å². The maximum atomic E-state index is 13.0. The van der Waals surface area contributed by atoms with Crippen molar-refractivity contribution in [1.82, 2.24) is 4.90 Å². The van der Waals surface area contributed by atoms with Gasteiger partial charge in [-0.3, -0.25) is 9.59 Å². The number of nitrogens with zero attached hydrogens (tertiary/aromatic N) is 1. The SMILES string of the molecule is CC(CC(=O)O)CC(=O)N(C)C(C)C(Cc1ccc(Cl)c(Cl)c1)c1ccc(-c2ccccc2)cc1. The summed E-state index contributed by atoms with van der Waals surface area (Å²) in [6.45, 7) is 3.83. The average Bonchev–Trinajstić information content (AvgIpc) is 2.84. The molecule has 0 aliphatic heterocycles. The van der Waals surface area contributed by atoms with Crippen LogP contribution in [0.4, 0.5) is 0 Å². The second-order valence-corrected chi connectivity index (χ2v) is 10.0. The molecule has 3 aromatic rings. The van der Waals surface area contributed by atoms with E-state index in [-0.39, 0.29) is 36.6 Å². The smallest absolute Gasteiger partial charge is 0.303 e. The van der Waals surface area contributed by atoms with Crippen LogP contribution in [0.3, 0.4) is 0 Å². The molecule has 184 valence electrons. The molecule has 3 rings (SSSR count). The number of carbonyl (C=O) groups is 2. The molecule has 0 aromatic heterocycles. The highest BCUT2D eigenvalue weighted by atomic mass is 35.5. The summed E-state index contributed by atoms with van der Waals surface area (Å²) < 4.78 is 0. The van der Waals surface area contributed by atoms with Crippen LogP contribution in [0.5, 0.6) is 0 Å². The minimum absolute atomic E-state index is 0.000736. The first kappa shape index (κ1) is 26.8. The van der Waals surface area contributed by atoms with Crippen molar-refractivity contribution in [3.05, 3.63) is 94.0 Å². The summed E-state index contributed by atoms with van der Waals surface area (Å²) in [5.41, 5.74) is 4.42. The van der Waals surface area contributed by atoms with Gasteiger partial charge in [0.2, 0.25) is 5.91 Å². The van der Waals surface area contributed by atoms with Gasteiger partial charge in [0.1, 0.15) is 0 Å². The maximum absolute atomic E-state index is 13.0. The van der Waals surface area contributed by atoms with Crippen molar-refractivity contribution in [2.24, 2.45) is 5.92 Å². The lowest BCUT2D eigenvalue weighted by molar-refractivity contribution is -0.138. The van der Waals surface area contributed by atoms with E-state index in [0.29, 0.717) is 16.5 Å². The molecule has 0 bridgehead atoms. The van der Waals surface area contributed by atoms with E-state index < -0.39 is 5.97 Å². The predicted molar refractivity (Wildman–Crippen MR) is 143 cm³/mol. The highest BCUT2D eigenvalue weighted by Crippen LogP contribution is 2.32. The number of amides is 1. The Hall–Kier alpha value is -2.82. The molecule has 0 spiro atoms. The first-order valence-electron chi connectivity index (χ1n) is 11.7. The highest BCUT2D eigenvalue weighted by Gasteiger charge is 2.27. The molecule has 6 heteroatoms. The van der Waals surface area contributed by atoms with Gasteiger partial charge in [-0.25, -0.2) is 0 Å². The largest absolute Gasteiger partial charge is 0.481 e. The monoisotopic (exact) mass is 511 g/mol. The molecule has 0 heterocycles. The van der Waals surface area contributed by atoms with Crippen LogP contribution in [0.1, 0.15) is 43.7 Å². The van der Waals surface area contributed by atoms with Crippen LogP contribution in [-0.4, -0.2) is 35.0 Å². The lowest BCUT2D eigenvalue weighted by atomic mass is 9.85. The minimum Gasteiger partial charge on any atom is -0.481 e. The maximum Gasteiger partial charge on any atom is 0.303 e. The Labute approximate surface area is 217 Å². The number of hydrogen-bond acceptors (Lipinski definition) is 2. The molecule has 1 N–H and O–H groups in total. The van der Waals surface area contributed by atoms with Gasteiger partial charge in [0.25, 0.3) is 0 Å². The second kappa shape index (κ2) is 12.2. The van der Waals surface area contributed by atoms with E-state index in [2.05, 4.69) is 36.4 Å².